The summed E-state index contributed by atoms with van der Waals surface area (Å²) in [5, 5.41) is 3.65. The molecule has 0 aromatic carbocycles. The summed E-state index contributed by atoms with van der Waals surface area (Å²) in [7, 11) is 0. The maximum absolute atomic E-state index is 5.85. The van der Waals surface area contributed by atoms with Crippen LogP contribution in [0.4, 0.5) is 0 Å². The van der Waals surface area contributed by atoms with Crippen LogP contribution in [0, 0.1) is 0 Å². The molecule has 1 aliphatic heterocycles. The zero-order valence-electron chi connectivity index (χ0n) is 10.7. The molecular weight excluding hydrogens is 254 g/mol. The van der Waals surface area contributed by atoms with E-state index in [0.29, 0.717) is 6.10 Å². The molecule has 0 unspecified atom stereocenters. The second kappa shape index (κ2) is 9.48. The van der Waals surface area contributed by atoms with Gasteiger partial charge in [0.05, 0.1) is 6.10 Å². The summed E-state index contributed by atoms with van der Waals surface area (Å²) in [6.07, 6.45) is 9.83. The number of nitrogens with one attached hydrogen (secondary N) is 1. The third-order valence-corrected chi connectivity index (χ3v) is 4.68. The van der Waals surface area contributed by atoms with Gasteiger partial charge in [0.1, 0.15) is 0 Å². The Hall–Kier alpha value is 0.560. The lowest BCUT2D eigenvalue weighted by molar-refractivity contribution is 0.0565. The van der Waals surface area contributed by atoms with Crippen LogP contribution in [0.2, 0.25) is 0 Å². The molecule has 0 aromatic rings. The van der Waals surface area contributed by atoms with Crippen LogP contribution >= 0.6 is 24.2 Å². The van der Waals surface area contributed by atoms with Crippen molar-refractivity contribution in [3.63, 3.8) is 0 Å². The molecule has 4 heteroatoms. The zero-order chi connectivity index (χ0) is 11.1. The molecule has 1 N–H and O–H groups in total. The van der Waals surface area contributed by atoms with Gasteiger partial charge in [-0.2, -0.15) is 11.8 Å². The van der Waals surface area contributed by atoms with Crippen LogP contribution < -0.4 is 5.32 Å². The van der Waals surface area contributed by atoms with E-state index in [9.17, 15) is 0 Å². The second-order valence-electron chi connectivity index (χ2n) is 4.97. The zero-order valence-corrected chi connectivity index (χ0v) is 12.3. The Balaban J connectivity index is 0.00000144. The lowest BCUT2D eigenvalue weighted by Gasteiger charge is -2.22. The van der Waals surface area contributed by atoms with Crippen LogP contribution in [0.15, 0.2) is 0 Å². The van der Waals surface area contributed by atoms with Gasteiger partial charge < -0.3 is 10.1 Å². The van der Waals surface area contributed by atoms with E-state index >= 15 is 0 Å². The van der Waals surface area contributed by atoms with E-state index in [0.717, 1.165) is 19.2 Å². The van der Waals surface area contributed by atoms with E-state index in [-0.39, 0.29) is 12.4 Å². The molecule has 2 rings (SSSR count). The van der Waals surface area contributed by atoms with Crippen molar-refractivity contribution in [2.24, 2.45) is 0 Å². The second-order valence-corrected chi connectivity index (χ2v) is 6.20. The molecule has 1 saturated carbocycles. The molecule has 2 fully saturated rings. The summed E-state index contributed by atoms with van der Waals surface area (Å²) in [5.74, 6) is 2.69. The van der Waals surface area contributed by atoms with E-state index in [1.54, 1.807) is 0 Å². The highest BCUT2D eigenvalue weighted by atomic mass is 35.5. The van der Waals surface area contributed by atoms with Crippen molar-refractivity contribution in [3.05, 3.63) is 0 Å². The largest absolute Gasteiger partial charge is 0.378 e. The van der Waals surface area contributed by atoms with Crippen LogP contribution in [-0.4, -0.2) is 36.8 Å². The summed E-state index contributed by atoms with van der Waals surface area (Å²) >= 11 is 2.09. The first-order valence-electron chi connectivity index (χ1n) is 6.88. The molecular formula is C13H26ClNOS. The molecule has 2 aliphatic rings. The quantitative estimate of drug-likeness (QED) is 0.754. The Bertz CT molecular complexity index is 182. The molecule has 0 atom stereocenters. The lowest BCUT2D eigenvalue weighted by Crippen LogP contribution is -2.33. The number of hydrogen-bond donors (Lipinski definition) is 1. The number of ether oxygens (including phenoxy) is 1. The summed E-state index contributed by atoms with van der Waals surface area (Å²) in [6.45, 7) is 2.10. The molecule has 17 heavy (non-hydrogen) atoms. The molecule has 0 bridgehead atoms. The van der Waals surface area contributed by atoms with Crippen LogP contribution in [0.3, 0.4) is 0 Å². The first-order valence-corrected chi connectivity index (χ1v) is 8.03. The number of hydrogen-bond acceptors (Lipinski definition) is 3. The van der Waals surface area contributed by atoms with Crippen molar-refractivity contribution in [2.75, 3.05) is 24.7 Å². The summed E-state index contributed by atoms with van der Waals surface area (Å²) in [6, 6.07) is 0.785. The van der Waals surface area contributed by atoms with Gasteiger partial charge >= 0.3 is 0 Å². The van der Waals surface area contributed by atoms with Gasteiger partial charge in [-0.15, -0.1) is 12.4 Å². The first kappa shape index (κ1) is 15.6. The predicted molar refractivity (Wildman–Crippen MR) is 78.4 cm³/mol. The summed E-state index contributed by atoms with van der Waals surface area (Å²) in [4.78, 5) is 0. The van der Waals surface area contributed by atoms with Gasteiger partial charge in [-0.05, 0) is 50.2 Å². The fraction of sp³-hybridized carbons (Fsp3) is 1.00. The minimum absolute atomic E-state index is 0. The van der Waals surface area contributed by atoms with Gasteiger partial charge in [-0.3, -0.25) is 0 Å². The van der Waals surface area contributed by atoms with Crippen molar-refractivity contribution in [3.8, 4) is 0 Å². The molecule has 1 aliphatic carbocycles. The monoisotopic (exact) mass is 279 g/mol. The maximum Gasteiger partial charge on any atom is 0.0575 e. The predicted octanol–water partition coefficient (Wildman–Crippen LogP) is 3.24. The number of thioether (sulfide) groups is 1. The fourth-order valence-corrected chi connectivity index (χ4v) is 3.69. The number of rotatable bonds is 6. The van der Waals surface area contributed by atoms with Crippen LogP contribution in [-0.2, 0) is 4.74 Å². The molecule has 0 radical (unpaired) electrons. The molecule has 2 nitrogen and oxygen atoms in total. The van der Waals surface area contributed by atoms with Gasteiger partial charge in [0, 0.05) is 12.6 Å². The minimum Gasteiger partial charge on any atom is -0.378 e. The average Bonchev–Trinajstić information content (AvgIpc) is 2.83. The molecule has 1 heterocycles. The van der Waals surface area contributed by atoms with Gasteiger partial charge in [0.2, 0.25) is 0 Å². The molecule has 0 spiro atoms. The topological polar surface area (TPSA) is 21.3 Å². The Morgan fingerprint density at radius 1 is 1.06 bits per heavy atom. The van der Waals surface area contributed by atoms with Crippen molar-refractivity contribution in [1.82, 2.24) is 5.32 Å². The molecule has 1 saturated heterocycles. The maximum atomic E-state index is 5.85. The van der Waals surface area contributed by atoms with Crippen molar-refractivity contribution in [2.45, 2.75) is 57.1 Å². The van der Waals surface area contributed by atoms with Crippen molar-refractivity contribution < 1.29 is 4.74 Å². The van der Waals surface area contributed by atoms with E-state index in [1.165, 1.54) is 56.5 Å². The van der Waals surface area contributed by atoms with E-state index < -0.39 is 0 Å². The average molecular weight is 280 g/mol. The molecule has 0 amide bonds. The highest BCUT2D eigenvalue weighted by Gasteiger charge is 2.15. The Morgan fingerprint density at radius 3 is 2.47 bits per heavy atom. The third-order valence-electron chi connectivity index (χ3n) is 3.63. The standard InChI is InChI=1S/C13H25NOS.ClH/c1-2-5-13(4-1)15-9-3-8-14-12-6-10-16-11-7-12;/h12-14H,1-11H2;1H. The smallest absolute Gasteiger partial charge is 0.0575 e. The van der Waals surface area contributed by atoms with Gasteiger partial charge in [-0.25, -0.2) is 0 Å². The van der Waals surface area contributed by atoms with Gasteiger partial charge in [-0.1, -0.05) is 12.8 Å². The Kier molecular flexibility index (Phi) is 8.71. The third kappa shape index (κ3) is 6.32. The minimum atomic E-state index is 0. The summed E-state index contributed by atoms with van der Waals surface area (Å²) < 4.78 is 5.85. The molecule has 102 valence electrons. The highest BCUT2D eigenvalue weighted by Crippen LogP contribution is 2.21. The van der Waals surface area contributed by atoms with Gasteiger partial charge in [0.15, 0.2) is 0 Å². The van der Waals surface area contributed by atoms with E-state index in [4.69, 9.17) is 4.74 Å². The Morgan fingerprint density at radius 2 is 1.76 bits per heavy atom. The Labute approximate surface area is 116 Å². The SMILES string of the molecule is C(CNC1CCSCC1)COC1CCCC1.Cl. The first-order chi connectivity index (χ1) is 7.95. The molecule has 0 aromatic heterocycles. The number of halogens is 1. The lowest BCUT2D eigenvalue weighted by atomic mass is 10.1. The fourth-order valence-electron chi connectivity index (χ4n) is 2.59. The van der Waals surface area contributed by atoms with Crippen molar-refractivity contribution in [1.29, 1.82) is 0 Å². The normalized spacial score (nSPS) is 22.6. The van der Waals surface area contributed by atoms with Crippen LogP contribution in [0.5, 0.6) is 0 Å². The van der Waals surface area contributed by atoms with Crippen LogP contribution in [0.1, 0.15) is 44.9 Å². The van der Waals surface area contributed by atoms with E-state index in [1.807, 2.05) is 0 Å². The van der Waals surface area contributed by atoms with E-state index in [2.05, 4.69) is 17.1 Å². The van der Waals surface area contributed by atoms with Gasteiger partial charge in [0.25, 0.3) is 0 Å². The van der Waals surface area contributed by atoms with Crippen molar-refractivity contribution >= 4 is 24.2 Å². The summed E-state index contributed by atoms with van der Waals surface area (Å²) in [5.41, 5.74) is 0. The van der Waals surface area contributed by atoms with Crippen LogP contribution in [0.25, 0.3) is 0 Å². The highest BCUT2D eigenvalue weighted by molar-refractivity contribution is 7.99.